The van der Waals surface area contributed by atoms with Gasteiger partial charge in [-0.05, 0) is 48.6 Å². The first-order chi connectivity index (χ1) is 11.1. The van der Waals surface area contributed by atoms with Gasteiger partial charge in [-0.2, -0.15) is 0 Å². The molecule has 0 fully saturated rings. The minimum Gasteiger partial charge on any atom is -0.349 e. The third-order valence-electron chi connectivity index (χ3n) is 2.93. The number of anilines is 2. The number of nitrogens with one attached hydrogen (secondary N) is 3. The number of hydrogen-bond donors (Lipinski definition) is 3. The van der Waals surface area contributed by atoms with Crippen molar-refractivity contribution in [2.45, 2.75) is 0 Å². The van der Waals surface area contributed by atoms with Crippen molar-refractivity contribution in [3.05, 3.63) is 71.8 Å². The van der Waals surface area contributed by atoms with E-state index in [1.165, 1.54) is 0 Å². The van der Waals surface area contributed by atoms with Crippen LogP contribution in [0.25, 0.3) is 0 Å². The van der Waals surface area contributed by atoms with Crippen LogP contribution in [-0.4, -0.2) is 17.6 Å². The Kier molecular flexibility index (Phi) is 6.14. The van der Waals surface area contributed by atoms with Crippen LogP contribution in [0.1, 0.15) is 10.4 Å². The summed E-state index contributed by atoms with van der Waals surface area (Å²) in [5, 5.41) is 9.85. The summed E-state index contributed by atoms with van der Waals surface area (Å²) in [6, 6.07) is 14.3. The molecule has 4 nitrogen and oxygen atoms in total. The number of halogens is 1. The normalized spacial score (nSPS) is 9.78. The summed E-state index contributed by atoms with van der Waals surface area (Å²) in [7, 11) is 0. The van der Waals surface area contributed by atoms with Crippen LogP contribution in [0.3, 0.4) is 0 Å². The Morgan fingerprint density at radius 1 is 1.13 bits per heavy atom. The minimum atomic E-state index is -0.192. The zero-order valence-corrected chi connectivity index (χ0v) is 13.9. The van der Waals surface area contributed by atoms with Crippen molar-refractivity contribution in [3.63, 3.8) is 0 Å². The van der Waals surface area contributed by atoms with E-state index in [0.717, 1.165) is 5.69 Å². The fourth-order valence-electron chi connectivity index (χ4n) is 1.87. The van der Waals surface area contributed by atoms with Crippen molar-refractivity contribution < 1.29 is 4.79 Å². The first-order valence-corrected chi connectivity index (χ1v) is 7.70. The summed E-state index contributed by atoms with van der Waals surface area (Å²) in [6.07, 6.45) is 1.63. The quantitative estimate of drug-likeness (QED) is 0.565. The molecule has 0 aliphatic rings. The molecule has 3 N–H and O–H groups in total. The van der Waals surface area contributed by atoms with Crippen molar-refractivity contribution in [2.75, 3.05) is 17.2 Å². The van der Waals surface area contributed by atoms with Crippen LogP contribution in [0, 0.1) is 0 Å². The lowest BCUT2D eigenvalue weighted by Crippen LogP contribution is -2.26. The number of benzene rings is 2. The van der Waals surface area contributed by atoms with Gasteiger partial charge in [0, 0.05) is 17.3 Å². The van der Waals surface area contributed by atoms with Gasteiger partial charge in [-0.3, -0.25) is 4.79 Å². The molecule has 2 rings (SSSR count). The fourth-order valence-corrected chi connectivity index (χ4v) is 2.22. The van der Waals surface area contributed by atoms with Crippen LogP contribution in [0.2, 0.25) is 5.02 Å². The topological polar surface area (TPSA) is 53.2 Å². The van der Waals surface area contributed by atoms with E-state index in [2.05, 4.69) is 22.5 Å². The highest BCUT2D eigenvalue weighted by atomic mass is 35.5. The number of hydrogen-bond acceptors (Lipinski definition) is 2. The van der Waals surface area contributed by atoms with Crippen molar-refractivity contribution >= 4 is 46.2 Å². The van der Waals surface area contributed by atoms with Crippen LogP contribution >= 0.6 is 23.8 Å². The largest absolute Gasteiger partial charge is 0.349 e. The van der Waals surface area contributed by atoms with E-state index in [-0.39, 0.29) is 5.91 Å². The molecule has 0 heterocycles. The molecule has 0 aliphatic heterocycles. The van der Waals surface area contributed by atoms with Crippen LogP contribution in [0.4, 0.5) is 11.4 Å². The van der Waals surface area contributed by atoms with E-state index in [4.69, 9.17) is 23.8 Å². The van der Waals surface area contributed by atoms with Gasteiger partial charge in [0.25, 0.3) is 5.91 Å². The smallest absolute Gasteiger partial charge is 0.253 e. The van der Waals surface area contributed by atoms with Crippen molar-refractivity contribution in [1.82, 2.24) is 5.32 Å². The predicted molar refractivity (Wildman–Crippen MR) is 100 cm³/mol. The molecular formula is C17H16ClN3OS. The van der Waals surface area contributed by atoms with Gasteiger partial charge in [-0.1, -0.05) is 29.8 Å². The van der Waals surface area contributed by atoms with E-state index >= 15 is 0 Å². The van der Waals surface area contributed by atoms with Gasteiger partial charge in [0.05, 0.1) is 11.3 Å². The number of carbonyl (C=O) groups is 1. The highest BCUT2D eigenvalue weighted by Gasteiger charge is 2.11. The van der Waals surface area contributed by atoms with Crippen molar-refractivity contribution in [1.29, 1.82) is 0 Å². The third kappa shape index (κ3) is 5.09. The van der Waals surface area contributed by atoms with E-state index in [0.29, 0.717) is 27.9 Å². The van der Waals surface area contributed by atoms with E-state index in [9.17, 15) is 4.79 Å². The van der Waals surface area contributed by atoms with Crippen molar-refractivity contribution in [3.8, 4) is 0 Å². The average molecular weight is 346 g/mol. The maximum atomic E-state index is 12.1. The number of thiocarbonyl (C=S) groups is 1. The summed E-state index contributed by atoms with van der Waals surface area (Å²) in [6.45, 7) is 3.98. The lowest BCUT2D eigenvalue weighted by atomic mass is 10.1. The Hall–Kier alpha value is -2.37. The number of amides is 1. The second-order valence-electron chi connectivity index (χ2n) is 4.63. The molecule has 0 radical (unpaired) electrons. The molecule has 6 heteroatoms. The van der Waals surface area contributed by atoms with Gasteiger partial charge >= 0.3 is 0 Å². The Morgan fingerprint density at radius 3 is 2.52 bits per heavy atom. The molecule has 1 amide bonds. The third-order valence-corrected chi connectivity index (χ3v) is 3.39. The molecule has 0 atom stereocenters. The SMILES string of the molecule is C=CCNC(=O)c1ccccc1NC(=S)Nc1ccc(Cl)cc1. The fraction of sp³-hybridized carbons (Fsp3) is 0.0588. The molecule has 23 heavy (non-hydrogen) atoms. The zero-order valence-electron chi connectivity index (χ0n) is 12.3. The molecule has 0 saturated carbocycles. The maximum absolute atomic E-state index is 12.1. The average Bonchev–Trinajstić information content (AvgIpc) is 2.55. The van der Waals surface area contributed by atoms with Crippen molar-refractivity contribution in [2.24, 2.45) is 0 Å². The number of rotatable bonds is 5. The minimum absolute atomic E-state index is 0.192. The van der Waals surface area contributed by atoms with Gasteiger partial charge in [-0.15, -0.1) is 6.58 Å². The van der Waals surface area contributed by atoms with E-state index in [1.54, 1.807) is 36.4 Å². The number of para-hydroxylation sites is 1. The highest BCUT2D eigenvalue weighted by molar-refractivity contribution is 7.80. The maximum Gasteiger partial charge on any atom is 0.253 e. The molecule has 118 valence electrons. The van der Waals surface area contributed by atoms with E-state index < -0.39 is 0 Å². The summed E-state index contributed by atoms with van der Waals surface area (Å²) in [5.74, 6) is -0.192. The lowest BCUT2D eigenvalue weighted by Gasteiger charge is -2.14. The predicted octanol–water partition coefficient (Wildman–Crippen LogP) is 4.06. The summed E-state index contributed by atoms with van der Waals surface area (Å²) in [5.41, 5.74) is 1.94. The van der Waals surface area contributed by atoms with Crippen LogP contribution < -0.4 is 16.0 Å². The Balaban J connectivity index is 2.07. The molecule has 0 saturated heterocycles. The monoisotopic (exact) mass is 345 g/mol. The Bertz CT molecular complexity index is 716. The first-order valence-electron chi connectivity index (χ1n) is 6.92. The van der Waals surface area contributed by atoms with Gasteiger partial charge in [-0.25, -0.2) is 0 Å². The Morgan fingerprint density at radius 2 is 1.83 bits per heavy atom. The van der Waals surface area contributed by atoms with Gasteiger partial charge in [0.1, 0.15) is 0 Å². The first kappa shape index (κ1) is 17.0. The molecule has 2 aromatic carbocycles. The molecular weight excluding hydrogens is 330 g/mol. The molecule has 0 aliphatic carbocycles. The van der Waals surface area contributed by atoms with Gasteiger partial charge < -0.3 is 16.0 Å². The molecule has 0 spiro atoms. The van der Waals surface area contributed by atoms with Crippen LogP contribution in [-0.2, 0) is 0 Å². The molecule has 0 unspecified atom stereocenters. The summed E-state index contributed by atoms with van der Waals surface area (Å²) >= 11 is 11.1. The van der Waals surface area contributed by atoms with E-state index in [1.807, 2.05) is 18.2 Å². The molecule has 0 bridgehead atoms. The standard InChI is InChI=1S/C17H16ClN3OS/c1-2-11-19-16(22)14-5-3-4-6-15(14)21-17(23)20-13-9-7-12(18)8-10-13/h2-10H,1,11H2,(H,19,22)(H2,20,21,23). The lowest BCUT2D eigenvalue weighted by molar-refractivity contribution is 0.0959. The molecule has 0 aromatic heterocycles. The van der Waals surface area contributed by atoms with Crippen LogP contribution in [0.5, 0.6) is 0 Å². The highest BCUT2D eigenvalue weighted by Crippen LogP contribution is 2.17. The van der Waals surface area contributed by atoms with Gasteiger partial charge in [0.2, 0.25) is 0 Å². The van der Waals surface area contributed by atoms with Gasteiger partial charge in [0.15, 0.2) is 5.11 Å². The summed E-state index contributed by atoms with van der Waals surface area (Å²) < 4.78 is 0. The number of carbonyl (C=O) groups excluding carboxylic acids is 1. The van der Waals surface area contributed by atoms with Crippen LogP contribution in [0.15, 0.2) is 61.2 Å². The second-order valence-corrected chi connectivity index (χ2v) is 5.47. The Labute approximate surface area is 145 Å². The summed E-state index contributed by atoms with van der Waals surface area (Å²) in [4.78, 5) is 12.1. The second kappa shape index (κ2) is 8.31. The zero-order chi connectivity index (χ0) is 16.7. The molecule has 2 aromatic rings.